The van der Waals surface area contributed by atoms with Gasteiger partial charge in [0.25, 0.3) is 0 Å². The Morgan fingerprint density at radius 3 is 1.88 bits per heavy atom. The Morgan fingerprint density at radius 1 is 0.833 bits per heavy atom. The van der Waals surface area contributed by atoms with Crippen LogP contribution in [0.25, 0.3) is 0 Å². The maximum atomic E-state index is 5.42. The predicted octanol–water partition coefficient (Wildman–Crippen LogP) is 6.30. The molecule has 0 aliphatic heterocycles. The Balaban J connectivity index is 1.61. The molecule has 0 aromatic rings. The van der Waals surface area contributed by atoms with E-state index in [1.54, 1.807) is 0 Å². The van der Waals surface area contributed by atoms with Crippen molar-refractivity contribution in [3.8, 4) is 11.8 Å². The molecule has 0 spiro atoms. The molecule has 1 nitrogen and oxygen atoms in total. The van der Waals surface area contributed by atoms with Crippen LogP contribution in [0.4, 0.5) is 0 Å². The Kier molecular flexibility index (Phi) is 9.29. The first kappa shape index (κ1) is 19.3. The van der Waals surface area contributed by atoms with Crippen LogP contribution in [0, 0.1) is 29.6 Å². The third-order valence-corrected chi connectivity index (χ3v) is 5.90. The molecule has 0 atom stereocenters. The lowest BCUT2D eigenvalue weighted by atomic mass is 9.80. The van der Waals surface area contributed by atoms with Crippen molar-refractivity contribution in [2.45, 2.75) is 83.7 Å². The third kappa shape index (κ3) is 7.27. The maximum Gasteiger partial charge on any atom is 0.0571 e. The van der Waals surface area contributed by atoms with Crippen molar-refractivity contribution in [3.05, 3.63) is 24.3 Å². The Labute approximate surface area is 149 Å². The highest BCUT2D eigenvalue weighted by Gasteiger charge is 2.19. The molecule has 2 fully saturated rings. The van der Waals surface area contributed by atoms with Crippen molar-refractivity contribution in [2.24, 2.45) is 17.8 Å². The van der Waals surface area contributed by atoms with Crippen molar-refractivity contribution in [2.75, 3.05) is 7.11 Å². The lowest BCUT2D eigenvalue weighted by Gasteiger charge is -2.26. The topological polar surface area (TPSA) is 9.23 Å². The molecular formula is C23H36O. The standard InChI is InChI=1S/C23H36O/c1-3-4-9-20-12-14-21(15-13-20)10-7-5-6-8-11-22-16-18-23(24-2)19-17-22/h7-8,10-11,20-23H,3-4,9,12-19H2,1-2H3/t20-,21-,22-,23-. The summed E-state index contributed by atoms with van der Waals surface area (Å²) in [6.07, 6.45) is 23.9. The van der Waals surface area contributed by atoms with Crippen LogP contribution in [-0.2, 0) is 4.74 Å². The van der Waals surface area contributed by atoms with Gasteiger partial charge in [0.2, 0.25) is 0 Å². The van der Waals surface area contributed by atoms with E-state index >= 15 is 0 Å². The second-order valence-corrected chi connectivity index (χ2v) is 7.70. The molecule has 0 aromatic carbocycles. The normalized spacial score (nSPS) is 31.2. The van der Waals surface area contributed by atoms with E-state index in [2.05, 4.69) is 43.1 Å². The van der Waals surface area contributed by atoms with Crippen molar-refractivity contribution in [1.82, 2.24) is 0 Å². The monoisotopic (exact) mass is 328 g/mol. The van der Waals surface area contributed by atoms with Crippen LogP contribution in [0.5, 0.6) is 0 Å². The maximum absolute atomic E-state index is 5.42. The minimum Gasteiger partial charge on any atom is -0.381 e. The second-order valence-electron chi connectivity index (χ2n) is 7.70. The van der Waals surface area contributed by atoms with Crippen LogP contribution in [0.2, 0.25) is 0 Å². The van der Waals surface area contributed by atoms with E-state index in [1.807, 2.05) is 7.11 Å². The van der Waals surface area contributed by atoms with Gasteiger partial charge in [-0.3, -0.25) is 0 Å². The smallest absolute Gasteiger partial charge is 0.0571 e. The lowest BCUT2D eigenvalue weighted by Crippen LogP contribution is -2.19. The summed E-state index contributed by atoms with van der Waals surface area (Å²) in [5, 5.41) is 0. The second kappa shape index (κ2) is 11.5. The molecule has 0 unspecified atom stereocenters. The van der Waals surface area contributed by atoms with Crippen molar-refractivity contribution in [3.63, 3.8) is 0 Å². The van der Waals surface area contributed by atoms with Crippen molar-refractivity contribution in [1.29, 1.82) is 0 Å². The molecule has 2 rings (SSSR count). The fourth-order valence-electron chi connectivity index (χ4n) is 4.14. The number of ether oxygens (including phenoxy) is 1. The molecular weight excluding hydrogens is 292 g/mol. The van der Waals surface area contributed by atoms with Gasteiger partial charge in [-0.1, -0.05) is 50.2 Å². The zero-order chi connectivity index (χ0) is 17.0. The highest BCUT2D eigenvalue weighted by molar-refractivity contribution is 5.24. The molecule has 0 bridgehead atoms. The van der Waals surface area contributed by atoms with Crippen molar-refractivity contribution >= 4 is 0 Å². The highest BCUT2D eigenvalue weighted by atomic mass is 16.5. The number of rotatable bonds is 6. The molecule has 0 saturated heterocycles. The molecule has 134 valence electrons. The average Bonchev–Trinajstić information content (AvgIpc) is 2.64. The SMILES string of the molecule is CCCC[C@H]1CC[C@H](C=CC#CC=C[C@H]2CC[C@H](OC)CC2)CC1. The zero-order valence-corrected chi connectivity index (χ0v) is 15.8. The molecule has 0 N–H and O–H groups in total. The Morgan fingerprint density at radius 2 is 1.38 bits per heavy atom. The third-order valence-electron chi connectivity index (χ3n) is 5.90. The molecule has 24 heavy (non-hydrogen) atoms. The summed E-state index contributed by atoms with van der Waals surface area (Å²) in [6, 6.07) is 0. The van der Waals surface area contributed by atoms with E-state index in [1.165, 1.54) is 70.6 Å². The summed E-state index contributed by atoms with van der Waals surface area (Å²) in [4.78, 5) is 0. The van der Waals surface area contributed by atoms with Crippen LogP contribution in [0.15, 0.2) is 24.3 Å². The summed E-state index contributed by atoms with van der Waals surface area (Å²) in [5.41, 5.74) is 0. The minimum absolute atomic E-state index is 0.487. The molecule has 0 heterocycles. The Bertz CT molecular complexity index is 434. The average molecular weight is 329 g/mol. The van der Waals surface area contributed by atoms with Crippen molar-refractivity contribution < 1.29 is 4.74 Å². The fourth-order valence-corrected chi connectivity index (χ4v) is 4.14. The predicted molar refractivity (Wildman–Crippen MR) is 104 cm³/mol. The van der Waals surface area contributed by atoms with Gasteiger partial charge in [-0.25, -0.2) is 0 Å². The molecule has 0 aromatic heterocycles. The fraction of sp³-hybridized carbons (Fsp3) is 0.739. The number of unbranched alkanes of at least 4 members (excludes halogenated alkanes) is 1. The van der Waals surface area contributed by atoms with E-state index in [-0.39, 0.29) is 0 Å². The summed E-state index contributed by atoms with van der Waals surface area (Å²) >= 11 is 0. The molecule has 2 aliphatic rings. The minimum atomic E-state index is 0.487. The first-order chi connectivity index (χ1) is 11.8. The van der Waals surface area contributed by atoms with Gasteiger partial charge in [-0.2, -0.15) is 0 Å². The summed E-state index contributed by atoms with van der Waals surface area (Å²) in [5.74, 6) is 8.85. The largest absolute Gasteiger partial charge is 0.381 e. The quantitative estimate of drug-likeness (QED) is 0.520. The van der Waals surface area contributed by atoms with Gasteiger partial charge in [0, 0.05) is 7.11 Å². The molecule has 0 radical (unpaired) electrons. The number of hydrogen-bond donors (Lipinski definition) is 0. The van der Waals surface area contributed by atoms with E-state index in [0.717, 1.165) is 11.8 Å². The molecule has 0 amide bonds. The van der Waals surface area contributed by atoms with Crippen LogP contribution in [0.1, 0.15) is 77.6 Å². The van der Waals surface area contributed by atoms with Gasteiger partial charge < -0.3 is 4.74 Å². The van der Waals surface area contributed by atoms with Crippen LogP contribution in [-0.4, -0.2) is 13.2 Å². The van der Waals surface area contributed by atoms with E-state index < -0.39 is 0 Å². The first-order valence-electron chi connectivity index (χ1n) is 10.2. The number of hydrogen-bond acceptors (Lipinski definition) is 1. The number of methoxy groups -OCH3 is 1. The van der Waals surface area contributed by atoms with Gasteiger partial charge >= 0.3 is 0 Å². The molecule has 2 aliphatic carbocycles. The highest BCUT2D eigenvalue weighted by Crippen LogP contribution is 2.32. The molecule has 2 saturated carbocycles. The van der Waals surface area contributed by atoms with Gasteiger partial charge in [-0.05, 0) is 81.3 Å². The van der Waals surface area contributed by atoms with Gasteiger partial charge in [0.1, 0.15) is 0 Å². The van der Waals surface area contributed by atoms with E-state index in [9.17, 15) is 0 Å². The Hall–Kier alpha value is -1.00. The first-order valence-corrected chi connectivity index (χ1v) is 10.2. The van der Waals surface area contributed by atoms with Gasteiger partial charge in [0.05, 0.1) is 6.10 Å². The lowest BCUT2D eigenvalue weighted by molar-refractivity contribution is 0.0627. The van der Waals surface area contributed by atoms with Gasteiger partial charge in [-0.15, -0.1) is 0 Å². The van der Waals surface area contributed by atoms with Crippen LogP contribution < -0.4 is 0 Å². The van der Waals surface area contributed by atoms with Crippen LogP contribution >= 0.6 is 0 Å². The summed E-state index contributed by atoms with van der Waals surface area (Å²) in [6.45, 7) is 2.30. The zero-order valence-electron chi connectivity index (χ0n) is 15.8. The summed E-state index contributed by atoms with van der Waals surface area (Å²) in [7, 11) is 1.83. The van der Waals surface area contributed by atoms with E-state index in [0.29, 0.717) is 12.0 Å². The van der Waals surface area contributed by atoms with Gasteiger partial charge in [0.15, 0.2) is 0 Å². The summed E-state index contributed by atoms with van der Waals surface area (Å²) < 4.78 is 5.42. The van der Waals surface area contributed by atoms with E-state index in [4.69, 9.17) is 4.74 Å². The molecule has 1 heteroatoms. The van der Waals surface area contributed by atoms with Crippen LogP contribution in [0.3, 0.4) is 0 Å². The number of allylic oxidation sites excluding steroid dienone is 4.